The minimum absolute atomic E-state index is 0.0684. The first-order valence-electron chi connectivity index (χ1n) is 4.93. The Morgan fingerprint density at radius 2 is 1.61 bits per heavy atom. The Morgan fingerprint density at radius 1 is 1.00 bits per heavy atom. The maximum atomic E-state index is 10.9. The summed E-state index contributed by atoms with van der Waals surface area (Å²) in [4.78, 5) is 10.4. The standard InChI is InChI=1S/C12H7Br2NO3/c13-8-1-4-10(5-2-8)18-12-7-9(14)3-6-11(12)15(16)17/h1-7H. The zero-order valence-electron chi connectivity index (χ0n) is 8.97. The summed E-state index contributed by atoms with van der Waals surface area (Å²) in [6.07, 6.45) is 0. The topological polar surface area (TPSA) is 52.4 Å². The molecule has 6 heteroatoms. The van der Waals surface area contributed by atoms with Crippen LogP contribution < -0.4 is 4.74 Å². The Labute approximate surface area is 120 Å². The number of nitro groups is 1. The lowest BCUT2D eigenvalue weighted by Gasteiger charge is -2.06. The van der Waals surface area contributed by atoms with Gasteiger partial charge in [-0.2, -0.15) is 0 Å². The minimum Gasteiger partial charge on any atom is -0.450 e. The highest BCUT2D eigenvalue weighted by Gasteiger charge is 2.15. The van der Waals surface area contributed by atoms with Gasteiger partial charge in [0.1, 0.15) is 5.75 Å². The summed E-state index contributed by atoms with van der Waals surface area (Å²) >= 11 is 6.57. The van der Waals surface area contributed by atoms with Crippen LogP contribution in [0.5, 0.6) is 11.5 Å². The number of nitro benzene ring substituents is 1. The van der Waals surface area contributed by atoms with Gasteiger partial charge >= 0.3 is 5.69 Å². The lowest BCUT2D eigenvalue weighted by Crippen LogP contribution is -1.93. The first kappa shape index (κ1) is 13.0. The Hall–Kier alpha value is -1.40. The highest BCUT2D eigenvalue weighted by molar-refractivity contribution is 9.10. The molecule has 18 heavy (non-hydrogen) atoms. The predicted molar refractivity (Wildman–Crippen MR) is 75.0 cm³/mol. The van der Waals surface area contributed by atoms with E-state index in [1.807, 2.05) is 0 Å². The third-order valence-corrected chi connectivity index (χ3v) is 3.18. The molecule has 0 saturated carbocycles. The molecule has 0 aliphatic heterocycles. The van der Waals surface area contributed by atoms with Gasteiger partial charge in [0.25, 0.3) is 0 Å². The molecule has 2 aromatic rings. The first-order valence-corrected chi connectivity index (χ1v) is 6.52. The molecule has 4 nitrogen and oxygen atoms in total. The lowest BCUT2D eigenvalue weighted by atomic mass is 10.3. The SMILES string of the molecule is O=[N+]([O-])c1ccc(Br)cc1Oc1ccc(Br)cc1. The maximum Gasteiger partial charge on any atom is 0.311 e. The van der Waals surface area contributed by atoms with Crippen LogP contribution in [0.2, 0.25) is 0 Å². The fraction of sp³-hybridized carbons (Fsp3) is 0. The summed E-state index contributed by atoms with van der Waals surface area (Å²) in [5.74, 6) is 0.746. The fourth-order valence-electron chi connectivity index (χ4n) is 1.35. The lowest BCUT2D eigenvalue weighted by molar-refractivity contribution is -0.385. The van der Waals surface area contributed by atoms with Gasteiger partial charge in [-0.05, 0) is 30.3 Å². The zero-order chi connectivity index (χ0) is 13.1. The highest BCUT2D eigenvalue weighted by Crippen LogP contribution is 2.34. The van der Waals surface area contributed by atoms with E-state index >= 15 is 0 Å². The second-order valence-corrected chi connectivity index (χ2v) is 5.26. The van der Waals surface area contributed by atoms with Gasteiger partial charge in [0.05, 0.1) is 4.92 Å². The van der Waals surface area contributed by atoms with E-state index in [1.54, 1.807) is 36.4 Å². The molecule has 0 spiro atoms. The predicted octanol–water partition coefficient (Wildman–Crippen LogP) is 4.91. The van der Waals surface area contributed by atoms with E-state index < -0.39 is 4.92 Å². The van der Waals surface area contributed by atoms with Crippen LogP contribution in [0.4, 0.5) is 5.69 Å². The number of hydrogen-bond donors (Lipinski definition) is 0. The van der Waals surface area contributed by atoms with Crippen LogP contribution in [0.15, 0.2) is 51.4 Å². The second kappa shape index (κ2) is 5.49. The highest BCUT2D eigenvalue weighted by atomic mass is 79.9. The van der Waals surface area contributed by atoms with Crippen molar-refractivity contribution < 1.29 is 9.66 Å². The van der Waals surface area contributed by atoms with Gasteiger partial charge in [-0.3, -0.25) is 10.1 Å². The van der Waals surface area contributed by atoms with Crippen molar-refractivity contribution in [1.82, 2.24) is 0 Å². The summed E-state index contributed by atoms with van der Waals surface area (Å²) in [6, 6.07) is 11.6. The molecular formula is C12H7Br2NO3. The van der Waals surface area contributed by atoms with Crippen molar-refractivity contribution in [3.8, 4) is 11.5 Å². The van der Waals surface area contributed by atoms with Gasteiger partial charge in [-0.1, -0.05) is 31.9 Å². The third kappa shape index (κ3) is 3.08. The first-order chi connectivity index (χ1) is 8.56. The summed E-state index contributed by atoms with van der Waals surface area (Å²) in [6.45, 7) is 0. The summed E-state index contributed by atoms with van der Waals surface area (Å²) < 4.78 is 7.15. The van der Waals surface area contributed by atoms with Crippen LogP contribution in [0.3, 0.4) is 0 Å². The Balaban J connectivity index is 2.35. The largest absolute Gasteiger partial charge is 0.450 e. The van der Waals surface area contributed by atoms with Crippen LogP contribution in [0, 0.1) is 10.1 Å². The molecule has 0 aliphatic carbocycles. The monoisotopic (exact) mass is 371 g/mol. The number of benzene rings is 2. The van der Waals surface area contributed by atoms with Crippen molar-refractivity contribution in [2.24, 2.45) is 0 Å². The van der Waals surface area contributed by atoms with E-state index in [4.69, 9.17) is 4.74 Å². The van der Waals surface area contributed by atoms with E-state index in [9.17, 15) is 10.1 Å². The number of rotatable bonds is 3. The Morgan fingerprint density at radius 3 is 2.22 bits per heavy atom. The zero-order valence-corrected chi connectivity index (χ0v) is 12.1. The van der Waals surface area contributed by atoms with Crippen molar-refractivity contribution in [2.45, 2.75) is 0 Å². The van der Waals surface area contributed by atoms with Crippen molar-refractivity contribution in [3.05, 3.63) is 61.5 Å². The summed E-state index contributed by atoms with van der Waals surface area (Å²) in [7, 11) is 0. The minimum atomic E-state index is -0.472. The maximum absolute atomic E-state index is 10.9. The average molecular weight is 373 g/mol. The fourth-order valence-corrected chi connectivity index (χ4v) is 1.95. The molecule has 0 atom stereocenters. The molecule has 0 aliphatic rings. The molecule has 0 heterocycles. The van der Waals surface area contributed by atoms with Crippen LogP contribution >= 0.6 is 31.9 Å². The van der Waals surface area contributed by atoms with Crippen molar-refractivity contribution in [1.29, 1.82) is 0 Å². The van der Waals surface area contributed by atoms with Crippen molar-refractivity contribution >= 4 is 37.5 Å². The molecule has 0 bridgehead atoms. The van der Waals surface area contributed by atoms with Gasteiger partial charge < -0.3 is 4.74 Å². The van der Waals surface area contributed by atoms with E-state index in [-0.39, 0.29) is 11.4 Å². The number of nitrogens with zero attached hydrogens (tertiary/aromatic N) is 1. The smallest absolute Gasteiger partial charge is 0.311 e. The molecular weight excluding hydrogens is 366 g/mol. The number of hydrogen-bond acceptors (Lipinski definition) is 3. The van der Waals surface area contributed by atoms with Crippen molar-refractivity contribution in [3.63, 3.8) is 0 Å². The third-order valence-electron chi connectivity index (χ3n) is 2.16. The van der Waals surface area contributed by atoms with Crippen LogP contribution in [0.1, 0.15) is 0 Å². The molecule has 0 N–H and O–H groups in total. The summed E-state index contributed by atoms with van der Waals surface area (Å²) in [5.41, 5.74) is -0.0684. The normalized spacial score (nSPS) is 10.1. The van der Waals surface area contributed by atoms with Gasteiger partial charge in [0.15, 0.2) is 0 Å². The molecule has 92 valence electrons. The van der Waals surface area contributed by atoms with Crippen LogP contribution in [0.25, 0.3) is 0 Å². The molecule has 0 fully saturated rings. The Kier molecular flexibility index (Phi) is 3.98. The van der Waals surface area contributed by atoms with E-state index in [0.717, 1.165) is 8.95 Å². The quantitative estimate of drug-likeness (QED) is 0.568. The molecule has 2 rings (SSSR count). The molecule has 0 aromatic heterocycles. The van der Waals surface area contributed by atoms with Gasteiger partial charge in [0.2, 0.25) is 5.75 Å². The number of halogens is 2. The van der Waals surface area contributed by atoms with Crippen LogP contribution in [-0.4, -0.2) is 4.92 Å². The van der Waals surface area contributed by atoms with Gasteiger partial charge in [-0.25, -0.2) is 0 Å². The molecule has 0 radical (unpaired) electrons. The molecule has 2 aromatic carbocycles. The van der Waals surface area contributed by atoms with Crippen molar-refractivity contribution in [2.75, 3.05) is 0 Å². The molecule has 0 amide bonds. The van der Waals surface area contributed by atoms with E-state index in [0.29, 0.717) is 5.75 Å². The van der Waals surface area contributed by atoms with E-state index in [2.05, 4.69) is 31.9 Å². The van der Waals surface area contributed by atoms with Gasteiger partial charge in [-0.15, -0.1) is 0 Å². The molecule has 0 saturated heterocycles. The second-order valence-electron chi connectivity index (χ2n) is 3.43. The van der Waals surface area contributed by atoms with E-state index in [1.165, 1.54) is 6.07 Å². The number of ether oxygens (including phenoxy) is 1. The van der Waals surface area contributed by atoms with Gasteiger partial charge in [0, 0.05) is 21.1 Å². The average Bonchev–Trinajstić information content (AvgIpc) is 2.32. The Bertz CT molecular complexity index is 584. The summed E-state index contributed by atoms with van der Waals surface area (Å²) in [5, 5.41) is 10.9. The molecule has 0 unspecified atom stereocenters. The van der Waals surface area contributed by atoms with Crippen LogP contribution in [-0.2, 0) is 0 Å².